The Morgan fingerprint density at radius 3 is 1.88 bits per heavy atom. The predicted molar refractivity (Wildman–Crippen MR) is 35.7 cm³/mol. The van der Waals surface area contributed by atoms with Gasteiger partial charge in [0.25, 0.3) is 0 Å². The normalized spacial score (nSPS) is 14.6. The van der Waals surface area contributed by atoms with Crippen molar-refractivity contribution >= 4 is 0 Å². The van der Waals surface area contributed by atoms with E-state index in [1.807, 2.05) is 0 Å². The summed E-state index contributed by atoms with van der Waals surface area (Å²) in [5.41, 5.74) is 0. The highest BCUT2D eigenvalue weighted by Gasteiger charge is 2.07. The minimum absolute atomic E-state index is 0.341. The molecule has 1 atom stereocenters. The molecule has 0 bridgehead atoms. The first-order valence-corrected chi connectivity index (χ1v) is 3.33. The molecule has 0 fully saturated rings. The van der Waals surface area contributed by atoms with E-state index in [-0.39, 0.29) is 0 Å². The molecule has 0 radical (unpaired) electrons. The zero-order valence-electron chi connectivity index (χ0n) is 6.02. The van der Waals surface area contributed by atoms with Crippen molar-refractivity contribution in [2.24, 2.45) is 11.8 Å². The Balaban J connectivity index is 3.35. The Morgan fingerprint density at radius 1 is 1.38 bits per heavy atom. The Hall–Kier alpha value is -0.0400. The SMILES string of the molecule is CCC(CO)C(C)C. The second-order valence-corrected chi connectivity index (χ2v) is 2.59. The zero-order valence-corrected chi connectivity index (χ0v) is 6.02. The summed E-state index contributed by atoms with van der Waals surface area (Å²) in [4.78, 5) is 0. The molecular weight excluding hydrogens is 100 g/mol. The molecule has 1 unspecified atom stereocenters. The third-order valence-electron chi connectivity index (χ3n) is 1.70. The molecule has 1 heteroatoms. The van der Waals surface area contributed by atoms with E-state index in [2.05, 4.69) is 20.8 Å². The fourth-order valence-electron chi connectivity index (χ4n) is 0.811. The van der Waals surface area contributed by atoms with Crippen LogP contribution in [0.1, 0.15) is 27.2 Å². The maximum atomic E-state index is 8.70. The monoisotopic (exact) mass is 116 g/mol. The van der Waals surface area contributed by atoms with Gasteiger partial charge in [-0.1, -0.05) is 27.2 Å². The average Bonchev–Trinajstić information content (AvgIpc) is 1.69. The first kappa shape index (κ1) is 7.96. The van der Waals surface area contributed by atoms with Crippen LogP contribution in [-0.2, 0) is 0 Å². The summed E-state index contributed by atoms with van der Waals surface area (Å²) >= 11 is 0. The van der Waals surface area contributed by atoms with Crippen LogP contribution >= 0.6 is 0 Å². The minimum Gasteiger partial charge on any atom is -0.396 e. The molecule has 0 aromatic rings. The molecule has 0 heterocycles. The molecule has 0 aliphatic rings. The van der Waals surface area contributed by atoms with Gasteiger partial charge in [0, 0.05) is 6.61 Å². The molecule has 0 saturated carbocycles. The van der Waals surface area contributed by atoms with Gasteiger partial charge in [-0.05, 0) is 11.8 Å². The Bertz CT molecular complexity index is 46.3. The van der Waals surface area contributed by atoms with Gasteiger partial charge in [0.1, 0.15) is 0 Å². The van der Waals surface area contributed by atoms with E-state index in [1.54, 1.807) is 0 Å². The maximum absolute atomic E-state index is 8.70. The molecule has 0 aliphatic heterocycles. The van der Waals surface area contributed by atoms with E-state index in [9.17, 15) is 0 Å². The Kier molecular flexibility index (Phi) is 3.88. The van der Waals surface area contributed by atoms with E-state index in [1.165, 1.54) is 0 Å². The summed E-state index contributed by atoms with van der Waals surface area (Å²) in [6, 6.07) is 0. The van der Waals surface area contributed by atoms with Gasteiger partial charge in [-0.3, -0.25) is 0 Å². The summed E-state index contributed by atoms with van der Waals surface area (Å²) in [5.74, 6) is 1.14. The van der Waals surface area contributed by atoms with Crippen LogP contribution in [0, 0.1) is 11.8 Å². The minimum atomic E-state index is 0.341. The molecular formula is C7H16O. The predicted octanol–water partition coefficient (Wildman–Crippen LogP) is 1.66. The van der Waals surface area contributed by atoms with Gasteiger partial charge in [-0.2, -0.15) is 0 Å². The van der Waals surface area contributed by atoms with E-state index in [0.717, 1.165) is 6.42 Å². The van der Waals surface area contributed by atoms with Crippen molar-refractivity contribution < 1.29 is 5.11 Å². The fourth-order valence-corrected chi connectivity index (χ4v) is 0.811. The third kappa shape index (κ3) is 2.31. The molecule has 0 aromatic heterocycles. The number of hydrogen-bond donors (Lipinski definition) is 1. The smallest absolute Gasteiger partial charge is 0.0461 e. The van der Waals surface area contributed by atoms with Crippen molar-refractivity contribution in [1.82, 2.24) is 0 Å². The molecule has 0 spiro atoms. The van der Waals surface area contributed by atoms with Crippen molar-refractivity contribution in [2.75, 3.05) is 6.61 Å². The van der Waals surface area contributed by atoms with Crippen molar-refractivity contribution in [3.8, 4) is 0 Å². The largest absolute Gasteiger partial charge is 0.396 e. The van der Waals surface area contributed by atoms with Crippen LogP contribution in [0.4, 0.5) is 0 Å². The average molecular weight is 116 g/mol. The van der Waals surface area contributed by atoms with Crippen LogP contribution in [0.5, 0.6) is 0 Å². The molecule has 0 aliphatic carbocycles. The van der Waals surface area contributed by atoms with Gasteiger partial charge in [0.15, 0.2) is 0 Å². The highest BCUT2D eigenvalue weighted by molar-refractivity contribution is 4.57. The Labute approximate surface area is 51.7 Å². The molecule has 0 rings (SSSR count). The first-order chi connectivity index (χ1) is 3.72. The lowest BCUT2D eigenvalue weighted by Crippen LogP contribution is -2.11. The number of aliphatic hydroxyl groups excluding tert-OH is 1. The second kappa shape index (κ2) is 3.90. The summed E-state index contributed by atoms with van der Waals surface area (Å²) in [6.45, 7) is 6.74. The quantitative estimate of drug-likeness (QED) is 0.594. The van der Waals surface area contributed by atoms with Crippen molar-refractivity contribution in [1.29, 1.82) is 0 Å². The van der Waals surface area contributed by atoms with Crippen molar-refractivity contribution in [3.05, 3.63) is 0 Å². The maximum Gasteiger partial charge on any atom is 0.0461 e. The topological polar surface area (TPSA) is 20.2 Å². The van der Waals surface area contributed by atoms with Crippen molar-refractivity contribution in [3.63, 3.8) is 0 Å². The summed E-state index contributed by atoms with van der Waals surface area (Å²) in [5, 5.41) is 8.70. The standard InChI is InChI=1S/C7H16O/c1-4-7(5-8)6(2)3/h6-8H,4-5H2,1-3H3. The van der Waals surface area contributed by atoms with Crippen LogP contribution in [0.15, 0.2) is 0 Å². The lowest BCUT2D eigenvalue weighted by molar-refractivity contribution is 0.186. The van der Waals surface area contributed by atoms with E-state index < -0.39 is 0 Å². The van der Waals surface area contributed by atoms with E-state index in [4.69, 9.17) is 5.11 Å². The zero-order chi connectivity index (χ0) is 6.57. The molecule has 1 nitrogen and oxygen atoms in total. The van der Waals surface area contributed by atoms with Crippen LogP contribution in [0.3, 0.4) is 0 Å². The third-order valence-corrected chi connectivity index (χ3v) is 1.70. The molecule has 8 heavy (non-hydrogen) atoms. The van der Waals surface area contributed by atoms with Crippen LogP contribution < -0.4 is 0 Å². The molecule has 0 amide bonds. The summed E-state index contributed by atoms with van der Waals surface area (Å²) in [7, 11) is 0. The van der Waals surface area contributed by atoms with Crippen LogP contribution in [-0.4, -0.2) is 11.7 Å². The van der Waals surface area contributed by atoms with Gasteiger partial charge in [0.2, 0.25) is 0 Å². The van der Waals surface area contributed by atoms with Gasteiger partial charge < -0.3 is 5.11 Å². The van der Waals surface area contributed by atoms with Gasteiger partial charge in [-0.15, -0.1) is 0 Å². The van der Waals surface area contributed by atoms with Gasteiger partial charge in [0.05, 0.1) is 0 Å². The first-order valence-electron chi connectivity index (χ1n) is 3.33. The van der Waals surface area contributed by atoms with E-state index >= 15 is 0 Å². The number of rotatable bonds is 3. The molecule has 50 valence electrons. The Morgan fingerprint density at radius 2 is 1.88 bits per heavy atom. The highest BCUT2D eigenvalue weighted by atomic mass is 16.3. The lowest BCUT2D eigenvalue weighted by atomic mass is 9.95. The van der Waals surface area contributed by atoms with Crippen LogP contribution in [0.2, 0.25) is 0 Å². The number of aliphatic hydroxyl groups is 1. The molecule has 0 aromatic carbocycles. The van der Waals surface area contributed by atoms with E-state index in [0.29, 0.717) is 18.4 Å². The van der Waals surface area contributed by atoms with Gasteiger partial charge >= 0.3 is 0 Å². The van der Waals surface area contributed by atoms with Crippen LogP contribution in [0.25, 0.3) is 0 Å². The number of hydrogen-bond acceptors (Lipinski definition) is 1. The molecule has 0 saturated heterocycles. The summed E-state index contributed by atoms with van der Waals surface area (Å²) in [6.07, 6.45) is 1.09. The van der Waals surface area contributed by atoms with Gasteiger partial charge in [-0.25, -0.2) is 0 Å². The summed E-state index contributed by atoms with van der Waals surface area (Å²) < 4.78 is 0. The molecule has 1 N–H and O–H groups in total. The highest BCUT2D eigenvalue weighted by Crippen LogP contribution is 2.12. The fraction of sp³-hybridized carbons (Fsp3) is 1.00. The van der Waals surface area contributed by atoms with Crippen molar-refractivity contribution in [2.45, 2.75) is 27.2 Å². The lowest BCUT2D eigenvalue weighted by Gasteiger charge is -2.14. The second-order valence-electron chi connectivity index (χ2n) is 2.59.